The SMILES string of the molecule is CC(C)CC(=O)NCC1(N2CCOCC2)CCCCC1.Cl. The largest absolute Gasteiger partial charge is 0.379 e. The van der Waals surface area contributed by atoms with E-state index in [1.165, 1.54) is 32.1 Å². The third-order valence-corrected chi connectivity index (χ3v) is 4.67. The molecular weight excluding hydrogens is 288 g/mol. The molecule has 4 nitrogen and oxygen atoms in total. The first-order valence-corrected chi connectivity index (χ1v) is 8.22. The van der Waals surface area contributed by atoms with Gasteiger partial charge in [-0.3, -0.25) is 9.69 Å². The summed E-state index contributed by atoms with van der Waals surface area (Å²) in [4.78, 5) is 14.5. The van der Waals surface area contributed by atoms with Gasteiger partial charge in [-0.25, -0.2) is 0 Å². The Balaban J connectivity index is 0.00000220. The summed E-state index contributed by atoms with van der Waals surface area (Å²) >= 11 is 0. The number of nitrogens with zero attached hydrogens (tertiary/aromatic N) is 1. The van der Waals surface area contributed by atoms with E-state index in [4.69, 9.17) is 4.74 Å². The maximum absolute atomic E-state index is 12.0. The molecule has 0 unspecified atom stereocenters. The van der Waals surface area contributed by atoms with Crippen molar-refractivity contribution in [2.45, 2.75) is 57.9 Å². The molecule has 2 rings (SSSR count). The third-order valence-electron chi connectivity index (χ3n) is 4.67. The highest BCUT2D eigenvalue weighted by Gasteiger charge is 2.38. The standard InChI is InChI=1S/C16H30N2O2.ClH/c1-14(2)12-15(19)17-13-16(6-4-3-5-7-16)18-8-10-20-11-9-18;/h14H,3-13H2,1-2H3,(H,17,19);1H. The van der Waals surface area contributed by atoms with Crippen LogP contribution < -0.4 is 5.32 Å². The summed E-state index contributed by atoms with van der Waals surface area (Å²) in [5, 5.41) is 3.20. The first kappa shape index (κ1) is 18.7. The van der Waals surface area contributed by atoms with E-state index in [2.05, 4.69) is 24.1 Å². The molecule has 0 aromatic rings. The summed E-state index contributed by atoms with van der Waals surface area (Å²) in [6.07, 6.45) is 6.99. The average Bonchev–Trinajstić information content (AvgIpc) is 2.46. The van der Waals surface area contributed by atoms with Gasteiger partial charge in [0.15, 0.2) is 0 Å². The van der Waals surface area contributed by atoms with Gasteiger partial charge in [-0.05, 0) is 18.8 Å². The predicted octanol–water partition coefficient (Wildman–Crippen LogP) is 2.61. The van der Waals surface area contributed by atoms with Crippen molar-refractivity contribution in [1.29, 1.82) is 0 Å². The highest BCUT2D eigenvalue weighted by molar-refractivity contribution is 5.85. The van der Waals surface area contributed by atoms with Crippen LogP contribution in [0, 0.1) is 5.92 Å². The van der Waals surface area contributed by atoms with Crippen LogP contribution >= 0.6 is 12.4 Å². The summed E-state index contributed by atoms with van der Waals surface area (Å²) in [7, 11) is 0. The summed E-state index contributed by atoms with van der Waals surface area (Å²) in [6, 6.07) is 0. The molecule has 124 valence electrons. The topological polar surface area (TPSA) is 41.6 Å². The van der Waals surface area contributed by atoms with Gasteiger partial charge in [-0.1, -0.05) is 33.1 Å². The summed E-state index contributed by atoms with van der Waals surface area (Å²) in [5.41, 5.74) is 0.189. The van der Waals surface area contributed by atoms with E-state index >= 15 is 0 Å². The van der Waals surface area contributed by atoms with E-state index in [1.807, 2.05) is 0 Å². The monoisotopic (exact) mass is 318 g/mol. The maximum Gasteiger partial charge on any atom is 0.220 e. The van der Waals surface area contributed by atoms with Crippen molar-refractivity contribution in [2.75, 3.05) is 32.8 Å². The van der Waals surface area contributed by atoms with Crippen molar-refractivity contribution in [3.63, 3.8) is 0 Å². The number of ether oxygens (including phenoxy) is 1. The average molecular weight is 319 g/mol. The number of hydrogen-bond donors (Lipinski definition) is 1. The first-order valence-electron chi connectivity index (χ1n) is 8.22. The lowest BCUT2D eigenvalue weighted by atomic mass is 9.79. The van der Waals surface area contributed by atoms with Crippen LogP contribution in [0.25, 0.3) is 0 Å². The van der Waals surface area contributed by atoms with Crippen LogP contribution in [0.2, 0.25) is 0 Å². The van der Waals surface area contributed by atoms with Gasteiger partial charge in [0.2, 0.25) is 5.91 Å². The molecule has 0 bridgehead atoms. The van der Waals surface area contributed by atoms with Crippen molar-refractivity contribution in [3.8, 4) is 0 Å². The van der Waals surface area contributed by atoms with Gasteiger partial charge in [0.05, 0.1) is 13.2 Å². The second-order valence-electron chi connectivity index (χ2n) is 6.76. The molecule has 21 heavy (non-hydrogen) atoms. The molecule has 1 saturated carbocycles. The Labute approximate surface area is 135 Å². The Morgan fingerprint density at radius 3 is 2.38 bits per heavy atom. The number of carbonyl (C=O) groups excluding carboxylic acids is 1. The lowest BCUT2D eigenvalue weighted by molar-refractivity contribution is -0.123. The Morgan fingerprint density at radius 2 is 1.81 bits per heavy atom. The fourth-order valence-corrected chi connectivity index (χ4v) is 3.56. The van der Waals surface area contributed by atoms with E-state index in [1.54, 1.807) is 0 Å². The summed E-state index contributed by atoms with van der Waals surface area (Å²) < 4.78 is 5.48. The van der Waals surface area contributed by atoms with Crippen LogP contribution in [-0.4, -0.2) is 49.2 Å². The lowest BCUT2D eigenvalue weighted by Crippen LogP contribution is -2.59. The molecule has 1 amide bonds. The minimum Gasteiger partial charge on any atom is -0.379 e. The lowest BCUT2D eigenvalue weighted by Gasteiger charge is -2.48. The molecule has 2 fully saturated rings. The van der Waals surface area contributed by atoms with Gasteiger partial charge in [0.1, 0.15) is 0 Å². The molecule has 1 aliphatic carbocycles. The number of hydrogen-bond acceptors (Lipinski definition) is 3. The normalized spacial score (nSPS) is 22.6. The molecule has 1 N–H and O–H groups in total. The number of nitrogens with one attached hydrogen (secondary N) is 1. The van der Waals surface area contributed by atoms with E-state index in [0.717, 1.165) is 32.8 Å². The number of amides is 1. The zero-order chi connectivity index (χ0) is 14.4. The van der Waals surface area contributed by atoms with E-state index in [0.29, 0.717) is 12.3 Å². The number of rotatable bonds is 5. The molecule has 0 aromatic carbocycles. The fourth-order valence-electron chi connectivity index (χ4n) is 3.56. The Morgan fingerprint density at radius 1 is 1.19 bits per heavy atom. The molecular formula is C16H31ClN2O2. The van der Waals surface area contributed by atoms with E-state index in [-0.39, 0.29) is 23.9 Å². The highest BCUT2D eigenvalue weighted by Crippen LogP contribution is 2.33. The van der Waals surface area contributed by atoms with Crippen LogP contribution in [0.5, 0.6) is 0 Å². The Kier molecular flexibility index (Phi) is 7.99. The molecule has 1 aliphatic heterocycles. The second kappa shape index (κ2) is 8.96. The van der Waals surface area contributed by atoms with Crippen molar-refractivity contribution in [3.05, 3.63) is 0 Å². The van der Waals surface area contributed by atoms with Gasteiger partial charge in [0, 0.05) is 31.6 Å². The quantitative estimate of drug-likeness (QED) is 0.847. The summed E-state index contributed by atoms with van der Waals surface area (Å²) in [6.45, 7) is 8.71. The molecule has 0 aromatic heterocycles. The maximum atomic E-state index is 12.0. The highest BCUT2D eigenvalue weighted by atomic mass is 35.5. The minimum absolute atomic E-state index is 0. The van der Waals surface area contributed by atoms with Gasteiger partial charge >= 0.3 is 0 Å². The zero-order valence-corrected chi connectivity index (χ0v) is 14.3. The van der Waals surface area contributed by atoms with Crippen LogP contribution in [0.3, 0.4) is 0 Å². The fraction of sp³-hybridized carbons (Fsp3) is 0.938. The number of halogens is 1. The molecule has 0 radical (unpaired) electrons. The third kappa shape index (κ3) is 5.42. The molecule has 0 spiro atoms. The van der Waals surface area contributed by atoms with Crippen molar-refractivity contribution in [2.24, 2.45) is 5.92 Å². The Bertz CT molecular complexity index is 311. The van der Waals surface area contributed by atoms with Crippen molar-refractivity contribution in [1.82, 2.24) is 10.2 Å². The zero-order valence-electron chi connectivity index (χ0n) is 13.5. The summed E-state index contributed by atoms with van der Waals surface area (Å²) in [5.74, 6) is 0.638. The second-order valence-corrected chi connectivity index (χ2v) is 6.76. The van der Waals surface area contributed by atoms with Gasteiger partial charge in [-0.2, -0.15) is 0 Å². The molecule has 0 atom stereocenters. The van der Waals surface area contributed by atoms with Crippen LogP contribution in [-0.2, 0) is 9.53 Å². The Hall–Kier alpha value is -0.320. The molecule has 2 aliphatic rings. The van der Waals surface area contributed by atoms with Gasteiger partial charge in [0.25, 0.3) is 0 Å². The first-order chi connectivity index (χ1) is 9.62. The molecule has 1 heterocycles. The molecule has 1 saturated heterocycles. The van der Waals surface area contributed by atoms with Crippen LogP contribution in [0.15, 0.2) is 0 Å². The van der Waals surface area contributed by atoms with Crippen molar-refractivity contribution >= 4 is 18.3 Å². The van der Waals surface area contributed by atoms with E-state index < -0.39 is 0 Å². The number of morpholine rings is 1. The van der Waals surface area contributed by atoms with Gasteiger partial charge in [-0.15, -0.1) is 12.4 Å². The minimum atomic E-state index is 0. The predicted molar refractivity (Wildman–Crippen MR) is 87.9 cm³/mol. The number of carbonyl (C=O) groups is 1. The van der Waals surface area contributed by atoms with E-state index in [9.17, 15) is 4.79 Å². The molecule has 5 heteroatoms. The van der Waals surface area contributed by atoms with Crippen LogP contribution in [0.1, 0.15) is 52.4 Å². The van der Waals surface area contributed by atoms with Crippen molar-refractivity contribution < 1.29 is 9.53 Å². The smallest absolute Gasteiger partial charge is 0.220 e. The van der Waals surface area contributed by atoms with Crippen LogP contribution in [0.4, 0.5) is 0 Å². The van der Waals surface area contributed by atoms with Gasteiger partial charge < -0.3 is 10.1 Å².